The summed E-state index contributed by atoms with van der Waals surface area (Å²) in [5.41, 5.74) is -1.18. The van der Waals surface area contributed by atoms with E-state index in [1.165, 1.54) is 10.7 Å². The van der Waals surface area contributed by atoms with Crippen LogP contribution in [0.3, 0.4) is 0 Å². The van der Waals surface area contributed by atoms with Crippen molar-refractivity contribution in [1.29, 1.82) is 0 Å². The number of hydrogen-bond donors (Lipinski definition) is 0. The molecule has 3 nitrogen and oxygen atoms in total. The summed E-state index contributed by atoms with van der Waals surface area (Å²) in [5, 5.41) is 1.87. The first kappa shape index (κ1) is 13.0. The van der Waals surface area contributed by atoms with Gasteiger partial charge in [-0.05, 0) is 18.9 Å². The van der Waals surface area contributed by atoms with Gasteiger partial charge >= 0.3 is 6.18 Å². The monoisotopic (exact) mass is 282 g/mol. The van der Waals surface area contributed by atoms with Crippen molar-refractivity contribution in [2.45, 2.75) is 19.0 Å². The van der Waals surface area contributed by atoms with Crippen LogP contribution in [0.4, 0.5) is 13.2 Å². The molecular weight excluding hydrogens is 269 g/mol. The zero-order chi connectivity index (χ0) is 14.3. The first-order valence-electron chi connectivity index (χ1n) is 6.46. The fourth-order valence-electron chi connectivity index (χ4n) is 2.69. The molecule has 0 bridgehead atoms. The lowest BCUT2D eigenvalue weighted by atomic mass is 10.1. The van der Waals surface area contributed by atoms with Crippen LogP contribution < -0.4 is 10.6 Å². The van der Waals surface area contributed by atoms with Gasteiger partial charge in [-0.25, -0.2) is 4.68 Å². The van der Waals surface area contributed by atoms with E-state index in [1.807, 2.05) is 5.01 Å². The second-order valence-corrected chi connectivity index (χ2v) is 4.88. The third-order valence-corrected chi connectivity index (χ3v) is 3.57. The highest BCUT2D eigenvalue weighted by molar-refractivity contribution is 5.83. The van der Waals surface area contributed by atoms with Crippen molar-refractivity contribution in [3.8, 4) is 0 Å². The first-order chi connectivity index (χ1) is 9.48. The van der Waals surface area contributed by atoms with E-state index in [2.05, 4.69) is 0 Å². The lowest BCUT2D eigenvalue weighted by molar-refractivity contribution is -0.136. The molecule has 0 amide bonds. The minimum atomic E-state index is -4.52. The largest absolute Gasteiger partial charge is 0.417 e. The van der Waals surface area contributed by atoms with Crippen molar-refractivity contribution in [3.63, 3.8) is 0 Å². The van der Waals surface area contributed by atoms with Gasteiger partial charge in [0, 0.05) is 24.5 Å². The van der Waals surface area contributed by atoms with E-state index >= 15 is 0 Å². The molecule has 1 fully saturated rings. The molecule has 0 unspecified atom stereocenters. The number of aromatic nitrogens is 1. The smallest absolute Gasteiger partial charge is 0.310 e. The lowest BCUT2D eigenvalue weighted by Crippen LogP contribution is -2.40. The topological polar surface area (TPSA) is 25.2 Å². The predicted molar refractivity (Wildman–Crippen MR) is 70.4 cm³/mol. The van der Waals surface area contributed by atoms with E-state index in [0.717, 1.165) is 12.8 Å². The van der Waals surface area contributed by atoms with Crippen LogP contribution in [-0.2, 0) is 6.18 Å². The maximum absolute atomic E-state index is 13.0. The molecule has 1 aliphatic heterocycles. The minimum absolute atomic E-state index is 0.0616. The molecule has 3 rings (SSSR count). The molecule has 2 heterocycles. The van der Waals surface area contributed by atoms with Gasteiger partial charge in [-0.2, -0.15) is 13.2 Å². The molecule has 106 valence electrons. The second kappa shape index (κ2) is 4.54. The summed E-state index contributed by atoms with van der Waals surface area (Å²) in [7, 11) is 0. The summed E-state index contributed by atoms with van der Waals surface area (Å²) >= 11 is 0. The number of benzene rings is 1. The Morgan fingerprint density at radius 1 is 1.05 bits per heavy atom. The van der Waals surface area contributed by atoms with E-state index < -0.39 is 17.3 Å². The van der Waals surface area contributed by atoms with Crippen LogP contribution in [0.25, 0.3) is 10.9 Å². The van der Waals surface area contributed by atoms with Gasteiger partial charge in [0.1, 0.15) is 0 Å². The van der Waals surface area contributed by atoms with Crippen molar-refractivity contribution >= 4 is 10.9 Å². The number of pyridine rings is 1. The van der Waals surface area contributed by atoms with Gasteiger partial charge in [0.05, 0.1) is 11.1 Å². The Hall–Kier alpha value is -1.98. The molecule has 0 spiro atoms. The van der Waals surface area contributed by atoms with Crippen LogP contribution in [0.5, 0.6) is 0 Å². The summed E-state index contributed by atoms with van der Waals surface area (Å²) in [4.78, 5) is 12.1. The molecule has 20 heavy (non-hydrogen) atoms. The van der Waals surface area contributed by atoms with Gasteiger partial charge < -0.3 is 5.01 Å². The van der Waals surface area contributed by atoms with Crippen molar-refractivity contribution < 1.29 is 13.2 Å². The Morgan fingerprint density at radius 2 is 1.70 bits per heavy atom. The third kappa shape index (κ3) is 2.05. The standard InChI is InChI=1S/C14H13F3N2O/c15-14(16,17)11-9-13(20)19(18-7-3-4-8-18)12-6-2-1-5-10(11)12/h1-2,5-6,9H,3-4,7-8H2. The van der Waals surface area contributed by atoms with Crippen molar-refractivity contribution in [2.75, 3.05) is 18.1 Å². The highest BCUT2D eigenvalue weighted by Gasteiger charge is 2.34. The van der Waals surface area contributed by atoms with E-state index in [4.69, 9.17) is 0 Å². The molecule has 0 N–H and O–H groups in total. The van der Waals surface area contributed by atoms with Crippen molar-refractivity contribution in [3.05, 3.63) is 46.2 Å². The van der Waals surface area contributed by atoms with Crippen molar-refractivity contribution in [1.82, 2.24) is 4.68 Å². The molecule has 6 heteroatoms. The molecule has 0 radical (unpaired) electrons. The number of nitrogens with zero attached hydrogens (tertiary/aromatic N) is 2. The minimum Gasteiger partial charge on any atom is -0.310 e. The van der Waals surface area contributed by atoms with Crippen LogP contribution in [0.1, 0.15) is 18.4 Å². The highest BCUT2D eigenvalue weighted by Crippen LogP contribution is 2.33. The molecule has 1 aromatic heterocycles. The van der Waals surface area contributed by atoms with E-state index in [0.29, 0.717) is 24.7 Å². The Bertz CT molecular complexity index is 700. The molecular formula is C14H13F3N2O. The van der Waals surface area contributed by atoms with E-state index in [-0.39, 0.29) is 5.39 Å². The van der Waals surface area contributed by atoms with Gasteiger partial charge in [-0.1, -0.05) is 18.2 Å². The molecule has 0 aliphatic carbocycles. The molecule has 0 saturated carbocycles. The maximum Gasteiger partial charge on any atom is 0.417 e. The Kier molecular flexibility index (Phi) is 2.96. The quantitative estimate of drug-likeness (QED) is 0.803. The molecule has 1 aromatic carbocycles. The fraction of sp³-hybridized carbons (Fsp3) is 0.357. The first-order valence-corrected chi connectivity index (χ1v) is 6.46. The number of rotatable bonds is 1. The number of hydrogen-bond acceptors (Lipinski definition) is 2. The number of para-hydroxylation sites is 1. The van der Waals surface area contributed by atoms with Gasteiger partial charge in [0.2, 0.25) is 0 Å². The SMILES string of the molecule is O=c1cc(C(F)(F)F)c2ccccc2n1N1CCCC1. The molecule has 0 atom stereocenters. The van der Waals surface area contributed by atoms with Crippen LogP contribution in [-0.4, -0.2) is 17.8 Å². The molecule has 2 aromatic rings. The predicted octanol–water partition coefficient (Wildman–Crippen LogP) is 2.75. The van der Waals surface area contributed by atoms with Crippen LogP contribution in [0.2, 0.25) is 0 Å². The summed E-state index contributed by atoms with van der Waals surface area (Å²) < 4.78 is 40.5. The third-order valence-electron chi connectivity index (χ3n) is 3.57. The van der Waals surface area contributed by atoms with E-state index in [1.54, 1.807) is 18.2 Å². The highest BCUT2D eigenvalue weighted by atomic mass is 19.4. The Labute approximate surface area is 113 Å². The van der Waals surface area contributed by atoms with Gasteiger partial charge in [0.15, 0.2) is 0 Å². The molecule has 1 aliphatic rings. The van der Waals surface area contributed by atoms with Gasteiger partial charge in [0.25, 0.3) is 5.56 Å². The van der Waals surface area contributed by atoms with Gasteiger partial charge in [-0.15, -0.1) is 0 Å². The average molecular weight is 282 g/mol. The maximum atomic E-state index is 13.0. The van der Waals surface area contributed by atoms with Crippen molar-refractivity contribution in [2.24, 2.45) is 0 Å². The summed E-state index contributed by atoms with van der Waals surface area (Å²) in [6.45, 7) is 1.38. The average Bonchev–Trinajstić information content (AvgIpc) is 2.90. The van der Waals surface area contributed by atoms with E-state index in [9.17, 15) is 18.0 Å². The lowest BCUT2D eigenvalue weighted by Gasteiger charge is -2.23. The zero-order valence-electron chi connectivity index (χ0n) is 10.7. The molecule has 1 saturated heterocycles. The van der Waals surface area contributed by atoms with Gasteiger partial charge in [-0.3, -0.25) is 4.79 Å². The Morgan fingerprint density at radius 3 is 2.35 bits per heavy atom. The number of fused-ring (bicyclic) bond motifs is 1. The fourth-order valence-corrected chi connectivity index (χ4v) is 2.69. The second-order valence-electron chi connectivity index (χ2n) is 4.88. The zero-order valence-corrected chi connectivity index (χ0v) is 10.7. The summed E-state index contributed by atoms with van der Waals surface area (Å²) in [6.07, 6.45) is -2.63. The summed E-state index contributed by atoms with van der Waals surface area (Å²) in [5.74, 6) is 0. The normalized spacial score (nSPS) is 16.1. The number of alkyl halides is 3. The summed E-state index contributed by atoms with van der Waals surface area (Å²) in [6, 6.07) is 6.86. The van der Waals surface area contributed by atoms with Crippen LogP contribution in [0.15, 0.2) is 35.1 Å². The van der Waals surface area contributed by atoms with Crippen LogP contribution in [0, 0.1) is 0 Å². The van der Waals surface area contributed by atoms with Crippen LogP contribution >= 0.6 is 0 Å². The number of halogens is 3. The Balaban J connectivity index is 2.33.